The molecule has 0 saturated heterocycles. The summed E-state index contributed by atoms with van der Waals surface area (Å²) < 4.78 is 6.95. The summed E-state index contributed by atoms with van der Waals surface area (Å²) >= 11 is 4.44. The molecule has 0 aliphatic carbocycles. The predicted octanol–water partition coefficient (Wildman–Crippen LogP) is 4.24. The Morgan fingerprint density at radius 1 is 1.16 bits per heavy atom. The van der Waals surface area contributed by atoms with Crippen LogP contribution in [0.2, 0.25) is 0 Å². The van der Waals surface area contributed by atoms with Gasteiger partial charge in [-0.25, -0.2) is 4.68 Å². The second kappa shape index (κ2) is 7.23. The van der Waals surface area contributed by atoms with Gasteiger partial charge in [-0.15, -0.1) is 12.6 Å². The van der Waals surface area contributed by atoms with Crippen LogP contribution in [0.1, 0.15) is 5.56 Å². The fourth-order valence-electron chi connectivity index (χ4n) is 2.35. The zero-order chi connectivity index (χ0) is 17.8. The number of non-ortho nitro benzene ring substituents is 1. The Labute approximate surface area is 149 Å². The van der Waals surface area contributed by atoms with Crippen molar-refractivity contribution in [2.24, 2.45) is 5.10 Å². The van der Waals surface area contributed by atoms with Crippen LogP contribution in [0, 0.1) is 10.1 Å². The number of nitro groups is 1. The topological polar surface area (TPSA) is 69.7 Å². The molecule has 0 unspecified atom stereocenters. The van der Waals surface area contributed by atoms with Crippen molar-refractivity contribution in [2.75, 3.05) is 7.11 Å². The molecule has 0 aliphatic heterocycles. The molecular weight excluding hydrogens is 338 g/mol. The van der Waals surface area contributed by atoms with Gasteiger partial charge in [-0.2, -0.15) is 5.10 Å². The number of nitrogens with zero attached hydrogens (tertiary/aromatic N) is 3. The number of nitro benzene ring substituents is 1. The number of rotatable bonds is 5. The van der Waals surface area contributed by atoms with Crippen molar-refractivity contribution in [3.63, 3.8) is 0 Å². The van der Waals surface area contributed by atoms with Gasteiger partial charge in [-0.05, 0) is 42.0 Å². The van der Waals surface area contributed by atoms with Crippen LogP contribution in [-0.2, 0) is 0 Å². The quantitative estimate of drug-likeness (QED) is 0.323. The number of hydrogen-bond donors (Lipinski definition) is 1. The van der Waals surface area contributed by atoms with Crippen molar-refractivity contribution in [1.29, 1.82) is 0 Å². The first-order valence-corrected chi connectivity index (χ1v) is 7.87. The minimum atomic E-state index is -0.431. The summed E-state index contributed by atoms with van der Waals surface area (Å²) in [7, 11) is 1.62. The Kier molecular flexibility index (Phi) is 4.85. The van der Waals surface area contributed by atoms with E-state index >= 15 is 0 Å². The second-order valence-corrected chi connectivity index (χ2v) is 5.67. The molecule has 126 valence electrons. The molecule has 2 aromatic carbocycles. The molecule has 0 N–H and O–H groups in total. The zero-order valence-corrected chi connectivity index (χ0v) is 14.3. The van der Waals surface area contributed by atoms with Crippen LogP contribution < -0.4 is 4.74 Å². The monoisotopic (exact) mass is 353 g/mol. The molecule has 25 heavy (non-hydrogen) atoms. The van der Waals surface area contributed by atoms with Gasteiger partial charge < -0.3 is 4.74 Å². The summed E-state index contributed by atoms with van der Waals surface area (Å²) in [5.41, 5.74) is 2.61. The van der Waals surface area contributed by atoms with Crippen LogP contribution in [0.5, 0.6) is 5.75 Å². The van der Waals surface area contributed by atoms with Crippen LogP contribution in [0.15, 0.2) is 70.8 Å². The average molecular weight is 353 g/mol. The molecule has 0 spiro atoms. The smallest absolute Gasteiger partial charge is 0.269 e. The van der Waals surface area contributed by atoms with E-state index in [4.69, 9.17) is 4.74 Å². The lowest BCUT2D eigenvalue weighted by Gasteiger charge is -2.07. The zero-order valence-electron chi connectivity index (χ0n) is 13.4. The first-order chi connectivity index (χ1) is 12.1. The minimum absolute atomic E-state index is 0.0464. The predicted molar refractivity (Wildman–Crippen MR) is 99.8 cm³/mol. The molecule has 0 amide bonds. The molecule has 3 aromatic rings. The van der Waals surface area contributed by atoms with E-state index in [0.29, 0.717) is 5.03 Å². The fraction of sp³-hybridized carbons (Fsp3) is 0.0556. The number of hydrogen-bond acceptors (Lipinski definition) is 5. The van der Waals surface area contributed by atoms with E-state index in [-0.39, 0.29) is 5.69 Å². The molecule has 7 heteroatoms. The van der Waals surface area contributed by atoms with E-state index in [1.165, 1.54) is 12.1 Å². The van der Waals surface area contributed by atoms with E-state index < -0.39 is 4.92 Å². The highest BCUT2D eigenvalue weighted by Crippen LogP contribution is 2.27. The largest absolute Gasteiger partial charge is 0.497 e. The van der Waals surface area contributed by atoms with Gasteiger partial charge in [0.2, 0.25) is 0 Å². The summed E-state index contributed by atoms with van der Waals surface area (Å²) in [6.45, 7) is 0. The maximum Gasteiger partial charge on any atom is 0.269 e. The van der Waals surface area contributed by atoms with Crippen LogP contribution >= 0.6 is 12.6 Å². The summed E-state index contributed by atoms with van der Waals surface area (Å²) in [4.78, 5) is 10.3. The van der Waals surface area contributed by atoms with E-state index in [0.717, 1.165) is 22.6 Å². The summed E-state index contributed by atoms with van der Waals surface area (Å²) in [6.07, 6.45) is 1.63. The molecule has 0 bridgehead atoms. The SMILES string of the molecule is COc1cccc(-c2ccc(S)n2N=Cc2ccc([N+](=O)[O-])cc2)c1. The summed E-state index contributed by atoms with van der Waals surface area (Å²) in [5.74, 6) is 0.755. The Balaban J connectivity index is 1.92. The molecule has 0 radical (unpaired) electrons. The lowest BCUT2D eigenvalue weighted by molar-refractivity contribution is -0.384. The number of methoxy groups -OCH3 is 1. The first kappa shape index (κ1) is 16.8. The van der Waals surface area contributed by atoms with Gasteiger partial charge in [0.1, 0.15) is 5.75 Å². The van der Waals surface area contributed by atoms with Crippen molar-refractivity contribution >= 4 is 24.5 Å². The standard InChI is InChI=1S/C18H15N3O3S/c1-24-16-4-2-3-14(11-16)17-9-10-18(25)20(17)19-12-13-5-7-15(8-6-13)21(22)23/h2-12,25H,1H3. The molecule has 3 rings (SSSR count). The summed E-state index contributed by atoms with van der Waals surface area (Å²) in [6, 6.07) is 17.6. The van der Waals surface area contributed by atoms with Gasteiger partial charge in [-0.3, -0.25) is 10.1 Å². The van der Waals surface area contributed by atoms with Crippen LogP contribution in [0.25, 0.3) is 11.3 Å². The van der Waals surface area contributed by atoms with Crippen molar-refractivity contribution in [3.05, 3.63) is 76.3 Å². The Morgan fingerprint density at radius 2 is 1.92 bits per heavy atom. The Morgan fingerprint density at radius 3 is 2.60 bits per heavy atom. The third kappa shape index (κ3) is 3.72. The second-order valence-electron chi connectivity index (χ2n) is 5.21. The summed E-state index contributed by atoms with van der Waals surface area (Å²) in [5, 5.41) is 15.8. The van der Waals surface area contributed by atoms with Gasteiger partial charge in [-0.1, -0.05) is 12.1 Å². The molecule has 6 nitrogen and oxygen atoms in total. The number of benzene rings is 2. The van der Waals surface area contributed by atoms with Crippen molar-refractivity contribution in [2.45, 2.75) is 5.03 Å². The molecule has 0 saturated carbocycles. The normalized spacial score (nSPS) is 11.0. The van der Waals surface area contributed by atoms with Gasteiger partial charge in [0.25, 0.3) is 5.69 Å². The third-order valence-corrected chi connectivity index (χ3v) is 3.97. The van der Waals surface area contributed by atoms with Gasteiger partial charge in [0.15, 0.2) is 0 Å². The molecule has 0 atom stereocenters. The number of thiol groups is 1. The van der Waals surface area contributed by atoms with Crippen LogP contribution in [-0.4, -0.2) is 22.9 Å². The fourth-order valence-corrected chi connectivity index (χ4v) is 2.58. The average Bonchev–Trinajstić information content (AvgIpc) is 3.01. The highest BCUT2D eigenvalue weighted by Gasteiger charge is 2.08. The highest BCUT2D eigenvalue weighted by atomic mass is 32.1. The van der Waals surface area contributed by atoms with Gasteiger partial charge >= 0.3 is 0 Å². The van der Waals surface area contributed by atoms with E-state index in [2.05, 4.69) is 17.7 Å². The number of aromatic nitrogens is 1. The van der Waals surface area contributed by atoms with Crippen LogP contribution in [0.3, 0.4) is 0 Å². The van der Waals surface area contributed by atoms with Crippen molar-refractivity contribution < 1.29 is 9.66 Å². The van der Waals surface area contributed by atoms with E-state index in [1.807, 2.05) is 36.4 Å². The maximum absolute atomic E-state index is 10.7. The van der Waals surface area contributed by atoms with E-state index in [1.54, 1.807) is 30.1 Å². The first-order valence-electron chi connectivity index (χ1n) is 7.42. The molecule has 0 fully saturated rings. The molecular formula is C18H15N3O3S. The van der Waals surface area contributed by atoms with Crippen LogP contribution in [0.4, 0.5) is 5.69 Å². The van der Waals surface area contributed by atoms with Crippen molar-refractivity contribution in [3.8, 4) is 17.0 Å². The van der Waals surface area contributed by atoms with Gasteiger partial charge in [0, 0.05) is 17.7 Å². The lowest BCUT2D eigenvalue weighted by Crippen LogP contribution is -1.95. The molecule has 1 aromatic heterocycles. The Hall–Kier alpha value is -3.06. The maximum atomic E-state index is 10.7. The number of ether oxygens (including phenoxy) is 1. The van der Waals surface area contributed by atoms with Crippen molar-refractivity contribution in [1.82, 2.24) is 4.68 Å². The highest BCUT2D eigenvalue weighted by molar-refractivity contribution is 7.80. The minimum Gasteiger partial charge on any atom is -0.497 e. The van der Waals surface area contributed by atoms with E-state index in [9.17, 15) is 10.1 Å². The third-order valence-electron chi connectivity index (χ3n) is 3.63. The lowest BCUT2D eigenvalue weighted by atomic mass is 10.1. The molecule has 1 heterocycles. The Bertz CT molecular complexity index is 933. The van der Waals surface area contributed by atoms with Gasteiger partial charge in [0.05, 0.1) is 29.0 Å². The molecule has 0 aliphatic rings.